The van der Waals surface area contributed by atoms with E-state index in [4.69, 9.17) is 9.40 Å². The third-order valence-electron chi connectivity index (χ3n) is 8.16. The molecule has 0 saturated carbocycles. The molecule has 1 atom stereocenters. The lowest BCUT2D eigenvalue weighted by Gasteiger charge is -2.16. The van der Waals surface area contributed by atoms with Crippen molar-refractivity contribution in [3.8, 4) is 21.9 Å². The lowest BCUT2D eigenvalue weighted by Crippen LogP contribution is -2.23. The van der Waals surface area contributed by atoms with Crippen molar-refractivity contribution >= 4 is 27.3 Å². The smallest absolute Gasteiger partial charge is 0.261 e. The van der Waals surface area contributed by atoms with Crippen LogP contribution in [0, 0.1) is 24.4 Å². The van der Waals surface area contributed by atoms with Crippen molar-refractivity contribution in [2.75, 3.05) is 6.54 Å². The van der Waals surface area contributed by atoms with E-state index >= 15 is 0 Å². The van der Waals surface area contributed by atoms with E-state index in [2.05, 4.69) is 15.5 Å². The van der Waals surface area contributed by atoms with E-state index in [0.717, 1.165) is 29.0 Å². The molecule has 0 aliphatic carbocycles. The van der Waals surface area contributed by atoms with Gasteiger partial charge in [0.2, 0.25) is 21.8 Å². The van der Waals surface area contributed by atoms with Crippen LogP contribution in [0.4, 0.5) is 13.2 Å². The first-order valence-corrected chi connectivity index (χ1v) is 16.8. The van der Waals surface area contributed by atoms with E-state index in [0.29, 0.717) is 65.2 Å². The minimum Gasteiger partial charge on any atom is -0.421 e. The molecular formula is C32H26F3N5O4S2. The highest BCUT2D eigenvalue weighted by Gasteiger charge is 2.49. The summed E-state index contributed by atoms with van der Waals surface area (Å²) < 4.78 is 76.1. The number of halogens is 3. The molecule has 1 fully saturated rings. The first-order valence-electron chi connectivity index (χ1n) is 14.6. The molecule has 5 heterocycles. The number of carbonyl (C=O) groups excluding carboxylic acids is 1. The number of aromatic nitrogens is 3. The lowest BCUT2D eigenvalue weighted by atomic mass is 9.96. The standard InChI is InChI=1S/C32H26F3N5O4S2/c1-17-38-39-32(44-17)27-23(11-7-18-4-8-20(33)9-5-18)37-29-24-3-2-14-40(24)46(42,43)30(29)28(27)25-12-13-26(45-25)31(41)36-16-19-6-10-21(34)22(35)15-19/h4-6,8-10,12-13,15,24H,2-3,7,11,14,16H2,1H3,(H,36,41). The van der Waals surface area contributed by atoms with Gasteiger partial charge in [-0.15, -0.1) is 21.5 Å². The largest absolute Gasteiger partial charge is 0.421 e. The third-order valence-corrected chi connectivity index (χ3v) is 11.2. The van der Waals surface area contributed by atoms with Crippen LogP contribution in [0.15, 0.2) is 63.9 Å². The molecule has 2 aromatic carbocycles. The molecule has 5 aromatic rings. The molecule has 14 heteroatoms. The summed E-state index contributed by atoms with van der Waals surface area (Å²) in [5.41, 5.74) is 2.93. The van der Waals surface area contributed by atoms with Gasteiger partial charge in [-0.2, -0.15) is 4.31 Å². The number of nitrogens with zero attached hydrogens (tertiary/aromatic N) is 4. The quantitative estimate of drug-likeness (QED) is 0.212. The van der Waals surface area contributed by atoms with Crippen LogP contribution in [-0.2, 0) is 29.4 Å². The molecule has 2 aliphatic rings. The van der Waals surface area contributed by atoms with Gasteiger partial charge in [-0.05, 0) is 73.2 Å². The molecule has 7 rings (SSSR count). The van der Waals surface area contributed by atoms with Crippen LogP contribution in [0.5, 0.6) is 0 Å². The van der Waals surface area contributed by atoms with Crippen LogP contribution in [0.1, 0.15) is 57.0 Å². The number of rotatable bonds is 8. The number of hydrogen-bond donors (Lipinski definition) is 1. The van der Waals surface area contributed by atoms with Crippen LogP contribution in [0.2, 0.25) is 0 Å². The van der Waals surface area contributed by atoms with Crippen LogP contribution < -0.4 is 5.32 Å². The summed E-state index contributed by atoms with van der Waals surface area (Å²) in [6.45, 7) is 1.95. The average Bonchev–Trinajstić information content (AvgIpc) is 3.84. The number of pyridine rings is 1. The number of hydrogen-bond acceptors (Lipinski definition) is 8. The number of thiophene rings is 1. The molecule has 0 radical (unpaired) electrons. The van der Waals surface area contributed by atoms with Gasteiger partial charge in [0.15, 0.2) is 11.6 Å². The number of carbonyl (C=O) groups is 1. The lowest BCUT2D eigenvalue weighted by molar-refractivity contribution is 0.0955. The van der Waals surface area contributed by atoms with Crippen molar-refractivity contribution in [2.45, 2.75) is 50.1 Å². The van der Waals surface area contributed by atoms with E-state index in [1.807, 2.05) is 0 Å². The van der Waals surface area contributed by atoms with Crippen molar-refractivity contribution < 1.29 is 30.8 Å². The molecule has 0 spiro atoms. The van der Waals surface area contributed by atoms with Crippen LogP contribution >= 0.6 is 11.3 Å². The molecule has 3 aromatic heterocycles. The maximum absolute atomic E-state index is 14.1. The molecule has 2 aliphatic heterocycles. The van der Waals surface area contributed by atoms with Gasteiger partial charge < -0.3 is 9.73 Å². The van der Waals surface area contributed by atoms with Gasteiger partial charge in [0, 0.05) is 30.5 Å². The van der Waals surface area contributed by atoms with Crippen molar-refractivity contribution in [3.05, 3.63) is 105 Å². The Morgan fingerprint density at radius 2 is 1.78 bits per heavy atom. The van der Waals surface area contributed by atoms with Crippen LogP contribution in [0.25, 0.3) is 21.9 Å². The molecule has 1 N–H and O–H groups in total. The SMILES string of the molecule is Cc1nnc(-c2c(CCc3ccc(F)cc3)nc3c(c2-c2ccc(C(=O)NCc4ccc(F)c(F)c4)s2)S(=O)(=O)N2CCCC32)o1. The Kier molecular flexibility index (Phi) is 7.73. The Balaban J connectivity index is 1.33. The van der Waals surface area contributed by atoms with E-state index in [-0.39, 0.29) is 33.9 Å². The second-order valence-electron chi connectivity index (χ2n) is 11.1. The van der Waals surface area contributed by atoms with E-state index in [1.54, 1.807) is 31.2 Å². The number of benzene rings is 2. The van der Waals surface area contributed by atoms with Gasteiger partial charge in [-0.3, -0.25) is 9.78 Å². The first kappa shape index (κ1) is 30.3. The highest BCUT2D eigenvalue weighted by molar-refractivity contribution is 7.89. The summed E-state index contributed by atoms with van der Waals surface area (Å²) >= 11 is 1.08. The highest BCUT2D eigenvalue weighted by Crippen LogP contribution is 2.52. The van der Waals surface area contributed by atoms with Crippen LogP contribution in [0.3, 0.4) is 0 Å². The van der Waals surface area contributed by atoms with Crippen molar-refractivity contribution in [2.24, 2.45) is 0 Å². The number of sulfonamides is 1. The zero-order valence-electron chi connectivity index (χ0n) is 24.4. The molecular weight excluding hydrogens is 640 g/mol. The first-order chi connectivity index (χ1) is 22.1. The Morgan fingerprint density at radius 3 is 2.52 bits per heavy atom. The Hall–Kier alpha value is -4.40. The van der Waals surface area contributed by atoms with Crippen LogP contribution in [-0.4, -0.2) is 40.4 Å². The zero-order chi connectivity index (χ0) is 32.2. The fourth-order valence-electron chi connectivity index (χ4n) is 6.01. The van der Waals surface area contributed by atoms with E-state index in [1.165, 1.54) is 22.5 Å². The minimum atomic E-state index is -3.96. The van der Waals surface area contributed by atoms with Gasteiger partial charge in [-0.25, -0.2) is 21.6 Å². The second-order valence-corrected chi connectivity index (χ2v) is 14.1. The zero-order valence-corrected chi connectivity index (χ0v) is 26.0. The molecule has 236 valence electrons. The Bertz CT molecular complexity index is 2100. The third kappa shape index (κ3) is 5.39. The summed E-state index contributed by atoms with van der Waals surface area (Å²) in [5, 5.41) is 10.9. The summed E-state index contributed by atoms with van der Waals surface area (Å²) in [4.78, 5) is 18.9. The monoisotopic (exact) mass is 665 g/mol. The van der Waals surface area contributed by atoms with Crippen molar-refractivity contribution in [3.63, 3.8) is 0 Å². The Morgan fingerprint density at radius 1 is 1.00 bits per heavy atom. The average molecular weight is 666 g/mol. The van der Waals surface area contributed by atoms with Gasteiger partial charge >= 0.3 is 0 Å². The summed E-state index contributed by atoms with van der Waals surface area (Å²) in [6, 6.07) is 12.4. The van der Waals surface area contributed by atoms with Crippen molar-refractivity contribution in [1.29, 1.82) is 0 Å². The molecule has 1 amide bonds. The summed E-state index contributed by atoms with van der Waals surface area (Å²) in [7, 11) is -3.96. The van der Waals surface area contributed by atoms with Gasteiger partial charge in [0.05, 0.1) is 27.9 Å². The normalized spacial score (nSPS) is 16.8. The summed E-state index contributed by atoms with van der Waals surface area (Å²) in [5.74, 6) is -2.45. The minimum absolute atomic E-state index is 0.0427. The number of aryl methyl sites for hydroxylation is 3. The maximum Gasteiger partial charge on any atom is 0.261 e. The van der Waals surface area contributed by atoms with Gasteiger partial charge in [0.25, 0.3) is 5.91 Å². The number of fused-ring (bicyclic) bond motifs is 3. The Labute approximate surface area is 266 Å². The number of amides is 1. The molecule has 1 unspecified atom stereocenters. The predicted octanol–water partition coefficient (Wildman–Crippen LogP) is 6.14. The van der Waals surface area contributed by atoms with Gasteiger partial charge in [-0.1, -0.05) is 18.2 Å². The van der Waals surface area contributed by atoms with E-state index < -0.39 is 33.6 Å². The molecule has 9 nitrogen and oxygen atoms in total. The van der Waals surface area contributed by atoms with Crippen molar-refractivity contribution in [1.82, 2.24) is 24.8 Å². The predicted molar refractivity (Wildman–Crippen MR) is 163 cm³/mol. The second kappa shape index (κ2) is 11.8. The number of nitrogens with one attached hydrogen (secondary N) is 1. The molecule has 0 bridgehead atoms. The topological polar surface area (TPSA) is 118 Å². The molecule has 46 heavy (non-hydrogen) atoms. The molecule has 1 saturated heterocycles. The maximum atomic E-state index is 14.1. The van der Waals surface area contributed by atoms with E-state index in [9.17, 15) is 26.4 Å². The highest BCUT2D eigenvalue weighted by atomic mass is 32.2. The fraction of sp³-hybridized carbons (Fsp3) is 0.250. The summed E-state index contributed by atoms with van der Waals surface area (Å²) in [6.07, 6.45) is 2.17. The fourth-order valence-corrected chi connectivity index (χ4v) is 9.12. The van der Waals surface area contributed by atoms with Gasteiger partial charge in [0.1, 0.15) is 10.7 Å².